The highest BCUT2D eigenvalue weighted by molar-refractivity contribution is 5.29. The summed E-state index contributed by atoms with van der Waals surface area (Å²) in [5.41, 5.74) is 1.34. The van der Waals surface area contributed by atoms with Gasteiger partial charge in [0.05, 0.1) is 5.69 Å². The van der Waals surface area contributed by atoms with Crippen molar-refractivity contribution in [1.29, 1.82) is 0 Å². The third-order valence-corrected chi connectivity index (χ3v) is 3.58. The van der Waals surface area contributed by atoms with Crippen molar-refractivity contribution >= 4 is 6.01 Å². The monoisotopic (exact) mass is 237 g/mol. The van der Waals surface area contributed by atoms with Gasteiger partial charge in [-0.1, -0.05) is 20.8 Å². The molecule has 0 bridgehead atoms. The SMILES string of the molecule is CNCc1coc(N2CCC(C(C)(C)C)C2)n1. The van der Waals surface area contributed by atoms with Gasteiger partial charge in [-0.2, -0.15) is 4.98 Å². The van der Waals surface area contributed by atoms with Gasteiger partial charge in [0.25, 0.3) is 6.01 Å². The number of rotatable bonds is 3. The van der Waals surface area contributed by atoms with Crippen LogP contribution in [0.15, 0.2) is 10.7 Å². The number of hydrogen-bond acceptors (Lipinski definition) is 4. The van der Waals surface area contributed by atoms with Crippen LogP contribution in [0, 0.1) is 11.3 Å². The van der Waals surface area contributed by atoms with E-state index in [1.165, 1.54) is 6.42 Å². The minimum atomic E-state index is 0.370. The zero-order valence-corrected chi connectivity index (χ0v) is 11.3. The molecule has 0 spiro atoms. The number of aromatic nitrogens is 1. The molecule has 17 heavy (non-hydrogen) atoms. The molecule has 1 aliphatic heterocycles. The molecule has 4 nitrogen and oxygen atoms in total. The van der Waals surface area contributed by atoms with Crippen LogP contribution >= 0.6 is 0 Å². The first-order valence-corrected chi connectivity index (χ1v) is 6.34. The van der Waals surface area contributed by atoms with Crippen LogP contribution in [0.3, 0.4) is 0 Å². The molecule has 96 valence electrons. The van der Waals surface area contributed by atoms with E-state index < -0.39 is 0 Å². The van der Waals surface area contributed by atoms with Gasteiger partial charge >= 0.3 is 0 Å². The molecule has 0 saturated carbocycles. The fraction of sp³-hybridized carbons (Fsp3) is 0.769. The smallest absolute Gasteiger partial charge is 0.297 e. The summed E-state index contributed by atoms with van der Waals surface area (Å²) in [4.78, 5) is 6.75. The summed E-state index contributed by atoms with van der Waals surface area (Å²) in [6.45, 7) is 9.81. The molecule has 0 radical (unpaired) electrons. The van der Waals surface area contributed by atoms with Crippen molar-refractivity contribution in [1.82, 2.24) is 10.3 Å². The second-order valence-corrected chi connectivity index (χ2v) is 5.95. The Morgan fingerprint density at radius 3 is 2.88 bits per heavy atom. The number of nitrogens with one attached hydrogen (secondary N) is 1. The molecule has 1 atom stereocenters. The molecule has 0 aromatic carbocycles. The van der Waals surface area contributed by atoms with E-state index in [0.29, 0.717) is 5.41 Å². The van der Waals surface area contributed by atoms with Crippen LogP contribution in [0.2, 0.25) is 0 Å². The molecule has 0 aliphatic carbocycles. The molecular formula is C13H23N3O. The van der Waals surface area contributed by atoms with E-state index in [1.54, 1.807) is 6.26 Å². The Morgan fingerprint density at radius 1 is 1.53 bits per heavy atom. The standard InChI is InChI=1S/C13H23N3O/c1-13(2,3)10-5-6-16(8-10)12-15-11(7-14-4)9-17-12/h9-10,14H,5-8H2,1-4H3. The van der Waals surface area contributed by atoms with Crippen molar-refractivity contribution in [2.75, 3.05) is 25.0 Å². The lowest BCUT2D eigenvalue weighted by Crippen LogP contribution is -2.26. The summed E-state index contributed by atoms with van der Waals surface area (Å²) in [5.74, 6) is 0.724. The number of nitrogens with zero attached hydrogens (tertiary/aromatic N) is 2. The van der Waals surface area contributed by atoms with E-state index in [-0.39, 0.29) is 0 Å². The zero-order chi connectivity index (χ0) is 12.5. The summed E-state index contributed by atoms with van der Waals surface area (Å²) < 4.78 is 5.54. The molecule has 1 fully saturated rings. The van der Waals surface area contributed by atoms with Gasteiger partial charge in [-0.05, 0) is 24.8 Å². The maximum atomic E-state index is 5.54. The molecule has 2 heterocycles. The van der Waals surface area contributed by atoms with Gasteiger partial charge < -0.3 is 14.6 Å². The average Bonchev–Trinajstić information content (AvgIpc) is 2.82. The van der Waals surface area contributed by atoms with Crippen LogP contribution in [-0.2, 0) is 6.54 Å². The fourth-order valence-corrected chi connectivity index (χ4v) is 2.34. The summed E-state index contributed by atoms with van der Waals surface area (Å²) >= 11 is 0. The number of hydrogen-bond donors (Lipinski definition) is 1. The van der Waals surface area contributed by atoms with Gasteiger partial charge in [0, 0.05) is 19.6 Å². The van der Waals surface area contributed by atoms with Gasteiger partial charge in [-0.15, -0.1) is 0 Å². The molecule has 1 aromatic heterocycles. The Hall–Kier alpha value is -1.03. The Bertz CT molecular complexity index is 367. The molecule has 2 rings (SSSR count). The molecule has 1 unspecified atom stereocenters. The lowest BCUT2D eigenvalue weighted by Gasteiger charge is -2.26. The predicted molar refractivity (Wildman–Crippen MR) is 69.0 cm³/mol. The normalized spacial score (nSPS) is 21.2. The first-order valence-electron chi connectivity index (χ1n) is 6.34. The quantitative estimate of drug-likeness (QED) is 0.875. The minimum absolute atomic E-state index is 0.370. The van der Waals surface area contributed by atoms with E-state index in [4.69, 9.17) is 4.42 Å². The summed E-state index contributed by atoms with van der Waals surface area (Å²) in [6, 6.07) is 0.780. The molecule has 1 N–H and O–H groups in total. The lowest BCUT2D eigenvalue weighted by molar-refractivity contribution is 0.263. The van der Waals surface area contributed by atoms with Crippen molar-refractivity contribution in [2.45, 2.75) is 33.7 Å². The summed E-state index contributed by atoms with van der Waals surface area (Å²) in [6.07, 6.45) is 2.98. The average molecular weight is 237 g/mol. The highest BCUT2D eigenvalue weighted by Gasteiger charge is 2.33. The van der Waals surface area contributed by atoms with Crippen LogP contribution in [0.1, 0.15) is 32.9 Å². The second kappa shape index (κ2) is 4.69. The third kappa shape index (κ3) is 2.80. The highest BCUT2D eigenvalue weighted by atomic mass is 16.4. The van der Waals surface area contributed by atoms with Crippen LogP contribution in [0.4, 0.5) is 6.01 Å². The number of anilines is 1. The first kappa shape index (κ1) is 12.4. The van der Waals surface area contributed by atoms with Gasteiger partial charge in [-0.3, -0.25) is 0 Å². The number of oxazole rings is 1. The maximum absolute atomic E-state index is 5.54. The third-order valence-electron chi connectivity index (χ3n) is 3.58. The summed E-state index contributed by atoms with van der Waals surface area (Å²) in [5, 5.41) is 3.08. The predicted octanol–water partition coefficient (Wildman–Crippen LogP) is 2.27. The molecule has 1 aliphatic rings. The molecular weight excluding hydrogens is 214 g/mol. The minimum Gasteiger partial charge on any atom is -0.432 e. The molecule has 0 amide bonds. The van der Waals surface area contributed by atoms with Crippen molar-refractivity contribution in [3.8, 4) is 0 Å². The Labute approximate surface area is 103 Å². The zero-order valence-electron chi connectivity index (χ0n) is 11.3. The Kier molecular flexibility index (Phi) is 3.43. The lowest BCUT2D eigenvalue weighted by atomic mass is 9.80. The van der Waals surface area contributed by atoms with Crippen LogP contribution < -0.4 is 10.2 Å². The first-order chi connectivity index (χ1) is 8.00. The Balaban J connectivity index is 2.00. The second-order valence-electron chi connectivity index (χ2n) is 5.95. The highest BCUT2D eigenvalue weighted by Crippen LogP contribution is 2.35. The van der Waals surface area contributed by atoms with E-state index >= 15 is 0 Å². The van der Waals surface area contributed by atoms with E-state index in [0.717, 1.165) is 37.3 Å². The summed E-state index contributed by atoms with van der Waals surface area (Å²) in [7, 11) is 1.92. The molecule has 1 saturated heterocycles. The van der Waals surface area contributed by atoms with Crippen LogP contribution in [0.5, 0.6) is 0 Å². The van der Waals surface area contributed by atoms with Gasteiger partial charge in [0.1, 0.15) is 6.26 Å². The van der Waals surface area contributed by atoms with E-state index in [1.807, 2.05) is 7.05 Å². The van der Waals surface area contributed by atoms with Crippen LogP contribution in [-0.4, -0.2) is 25.1 Å². The van der Waals surface area contributed by atoms with Crippen molar-refractivity contribution in [3.05, 3.63) is 12.0 Å². The molecule has 4 heteroatoms. The van der Waals surface area contributed by atoms with E-state index in [2.05, 4.69) is 36.0 Å². The van der Waals surface area contributed by atoms with Crippen LogP contribution in [0.25, 0.3) is 0 Å². The van der Waals surface area contributed by atoms with Crippen molar-refractivity contribution < 1.29 is 4.42 Å². The van der Waals surface area contributed by atoms with Crippen molar-refractivity contribution in [2.24, 2.45) is 11.3 Å². The maximum Gasteiger partial charge on any atom is 0.297 e. The fourth-order valence-electron chi connectivity index (χ4n) is 2.34. The van der Waals surface area contributed by atoms with E-state index in [9.17, 15) is 0 Å². The van der Waals surface area contributed by atoms with Gasteiger partial charge in [0.15, 0.2) is 0 Å². The van der Waals surface area contributed by atoms with Gasteiger partial charge in [-0.25, -0.2) is 0 Å². The Morgan fingerprint density at radius 2 is 2.29 bits per heavy atom. The molecule has 1 aromatic rings. The topological polar surface area (TPSA) is 41.3 Å². The van der Waals surface area contributed by atoms with Crippen molar-refractivity contribution in [3.63, 3.8) is 0 Å². The largest absolute Gasteiger partial charge is 0.432 e. The van der Waals surface area contributed by atoms with Gasteiger partial charge in [0.2, 0.25) is 0 Å².